The average Bonchev–Trinajstić information content (AvgIpc) is 2.40. The van der Waals surface area contributed by atoms with E-state index in [1.165, 1.54) is 12.8 Å². The second kappa shape index (κ2) is 7.06. The molecule has 0 spiro atoms. The Morgan fingerprint density at radius 3 is 3.05 bits per heavy atom. The summed E-state index contributed by atoms with van der Waals surface area (Å²) < 4.78 is 1.02. The number of hydrogen-bond acceptors (Lipinski definition) is 2. The number of amides is 1. The molecule has 1 atom stereocenters. The molecule has 19 heavy (non-hydrogen) atoms. The van der Waals surface area contributed by atoms with Gasteiger partial charge in [-0.05, 0) is 49.5 Å². The smallest absolute Gasteiger partial charge is 0.226 e. The molecule has 1 aliphatic rings. The van der Waals surface area contributed by atoms with E-state index in [2.05, 4.69) is 21.2 Å². The fraction of sp³-hybridized carbons (Fsp3) is 0.533. The lowest BCUT2D eigenvalue weighted by atomic mass is 9.99. The van der Waals surface area contributed by atoms with Crippen molar-refractivity contribution in [2.75, 3.05) is 26.7 Å². The molecule has 0 aromatic heterocycles. The summed E-state index contributed by atoms with van der Waals surface area (Å²) in [6.07, 6.45) is 2.93. The Hall–Kier alpha value is -0.870. The van der Waals surface area contributed by atoms with Crippen LogP contribution in [0.15, 0.2) is 28.7 Å². The van der Waals surface area contributed by atoms with E-state index in [4.69, 9.17) is 0 Å². The summed E-state index contributed by atoms with van der Waals surface area (Å²) in [6, 6.07) is 7.95. The molecule has 1 aliphatic heterocycles. The average molecular weight is 325 g/mol. The minimum Gasteiger partial charge on any atom is -0.345 e. The summed E-state index contributed by atoms with van der Waals surface area (Å²) in [5, 5.41) is 3.39. The van der Waals surface area contributed by atoms with Crippen molar-refractivity contribution in [3.63, 3.8) is 0 Å². The molecule has 1 fully saturated rings. The zero-order chi connectivity index (χ0) is 13.7. The molecule has 104 valence electrons. The second-order valence-corrected chi connectivity index (χ2v) is 6.21. The summed E-state index contributed by atoms with van der Waals surface area (Å²) in [7, 11) is 1.91. The van der Waals surface area contributed by atoms with E-state index in [-0.39, 0.29) is 5.91 Å². The van der Waals surface area contributed by atoms with Crippen LogP contribution in [-0.2, 0) is 11.2 Å². The monoisotopic (exact) mass is 324 g/mol. The maximum Gasteiger partial charge on any atom is 0.226 e. The Kier molecular flexibility index (Phi) is 5.40. The van der Waals surface area contributed by atoms with Crippen LogP contribution in [0.2, 0.25) is 0 Å². The third-order valence-electron chi connectivity index (χ3n) is 3.60. The van der Waals surface area contributed by atoms with Crippen molar-refractivity contribution in [1.29, 1.82) is 0 Å². The van der Waals surface area contributed by atoms with Crippen molar-refractivity contribution in [3.8, 4) is 0 Å². The number of carbonyl (C=O) groups is 1. The fourth-order valence-corrected chi connectivity index (χ4v) is 2.97. The maximum atomic E-state index is 12.2. The summed E-state index contributed by atoms with van der Waals surface area (Å²) >= 11 is 3.44. The quantitative estimate of drug-likeness (QED) is 0.922. The van der Waals surface area contributed by atoms with Crippen LogP contribution >= 0.6 is 15.9 Å². The topological polar surface area (TPSA) is 32.3 Å². The predicted molar refractivity (Wildman–Crippen MR) is 81.1 cm³/mol. The van der Waals surface area contributed by atoms with Gasteiger partial charge in [-0.25, -0.2) is 0 Å². The van der Waals surface area contributed by atoms with E-state index in [0.717, 1.165) is 29.7 Å². The van der Waals surface area contributed by atoms with Crippen molar-refractivity contribution < 1.29 is 4.79 Å². The minimum atomic E-state index is 0.198. The number of piperidine rings is 1. The van der Waals surface area contributed by atoms with Crippen molar-refractivity contribution in [2.45, 2.75) is 19.3 Å². The van der Waals surface area contributed by atoms with Gasteiger partial charge in [0.25, 0.3) is 0 Å². The highest BCUT2D eigenvalue weighted by Gasteiger charge is 2.18. The Labute approximate surface area is 123 Å². The molecular formula is C15H21BrN2O. The number of carbonyl (C=O) groups excluding carboxylic acids is 1. The van der Waals surface area contributed by atoms with Crippen LogP contribution in [0.1, 0.15) is 18.4 Å². The Morgan fingerprint density at radius 1 is 1.53 bits per heavy atom. The summed E-state index contributed by atoms with van der Waals surface area (Å²) in [5.74, 6) is 0.800. The van der Waals surface area contributed by atoms with Crippen LogP contribution in [-0.4, -0.2) is 37.5 Å². The van der Waals surface area contributed by atoms with Crippen LogP contribution in [0.3, 0.4) is 0 Å². The molecule has 1 saturated heterocycles. The Bertz CT molecular complexity index is 430. The van der Waals surface area contributed by atoms with E-state index in [9.17, 15) is 4.79 Å². The first-order valence-electron chi connectivity index (χ1n) is 6.84. The van der Waals surface area contributed by atoms with Gasteiger partial charge in [0.15, 0.2) is 0 Å². The summed E-state index contributed by atoms with van der Waals surface area (Å²) in [6.45, 7) is 3.01. The molecule has 1 aromatic rings. The molecule has 3 nitrogen and oxygen atoms in total. The molecule has 2 rings (SSSR count). The summed E-state index contributed by atoms with van der Waals surface area (Å²) in [4.78, 5) is 14.1. The van der Waals surface area contributed by atoms with Gasteiger partial charge in [0, 0.05) is 18.1 Å². The number of nitrogens with one attached hydrogen (secondary N) is 1. The number of halogens is 1. The van der Waals surface area contributed by atoms with Crippen molar-refractivity contribution in [1.82, 2.24) is 10.2 Å². The molecular weight excluding hydrogens is 304 g/mol. The van der Waals surface area contributed by atoms with Crippen molar-refractivity contribution in [3.05, 3.63) is 34.3 Å². The number of likely N-dealkylation sites (N-methyl/N-ethyl adjacent to an activating group) is 1. The van der Waals surface area contributed by atoms with Gasteiger partial charge in [-0.1, -0.05) is 28.1 Å². The van der Waals surface area contributed by atoms with Gasteiger partial charge in [-0.2, -0.15) is 0 Å². The second-order valence-electron chi connectivity index (χ2n) is 5.29. The lowest BCUT2D eigenvalue weighted by Gasteiger charge is -2.27. The normalized spacial score (nSPS) is 19.2. The van der Waals surface area contributed by atoms with Crippen LogP contribution in [0.25, 0.3) is 0 Å². The zero-order valence-electron chi connectivity index (χ0n) is 11.4. The first-order chi connectivity index (χ1) is 9.15. The van der Waals surface area contributed by atoms with E-state index in [1.54, 1.807) is 0 Å². The first kappa shape index (κ1) is 14.5. The van der Waals surface area contributed by atoms with Crippen LogP contribution in [0.5, 0.6) is 0 Å². The van der Waals surface area contributed by atoms with Gasteiger partial charge in [0.05, 0.1) is 6.42 Å². The highest BCUT2D eigenvalue weighted by Crippen LogP contribution is 2.14. The highest BCUT2D eigenvalue weighted by molar-refractivity contribution is 9.10. The van der Waals surface area contributed by atoms with E-state index in [0.29, 0.717) is 12.3 Å². The summed E-state index contributed by atoms with van der Waals surface area (Å²) in [5.41, 5.74) is 1.06. The minimum absolute atomic E-state index is 0.198. The third kappa shape index (κ3) is 4.62. The molecule has 4 heteroatoms. The van der Waals surface area contributed by atoms with Crippen molar-refractivity contribution in [2.24, 2.45) is 5.92 Å². The van der Waals surface area contributed by atoms with E-state index >= 15 is 0 Å². The van der Waals surface area contributed by atoms with E-state index < -0.39 is 0 Å². The fourth-order valence-electron chi connectivity index (χ4n) is 2.53. The largest absolute Gasteiger partial charge is 0.345 e. The lowest BCUT2D eigenvalue weighted by Crippen LogP contribution is -2.39. The van der Waals surface area contributed by atoms with Crippen LogP contribution in [0, 0.1) is 5.92 Å². The Morgan fingerprint density at radius 2 is 2.37 bits per heavy atom. The third-order valence-corrected chi connectivity index (χ3v) is 4.09. The van der Waals surface area contributed by atoms with Gasteiger partial charge in [0.1, 0.15) is 0 Å². The molecule has 0 radical (unpaired) electrons. The number of nitrogens with zero attached hydrogens (tertiary/aromatic N) is 1. The van der Waals surface area contributed by atoms with E-state index in [1.807, 2.05) is 36.2 Å². The standard InChI is InChI=1S/C15H21BrN2O/c1-18(11-13-5-3-7-17-10-13)15(19)9-12-4-2-6-14(16)8-12/h2,4,6,8,13,17H,3,5,7,9-11H2,1H3. The first-order valence-corrected chi connectivity index (χ1v) is 7.63. The molecule has 0 bridgehead atoms. The van der Waals surface area contributed by atoms with Gasteiger partial charge >= 0.3 is 0 Å². The zero-order valence-corrected chi connectivity index (χ0v) is 12.9. The lowest BCUT2D eigenvalue weighted by molar-refractivity contribution is -0.129. The molecule has 1 aromatic carbocycles. The molecule has 0 aliphatic carbocycles. The number of hydrogen-bond donors (Lipinski definition) is 1. The Balaban J connectivity index is 1.84. The molecule has 0 saturated carbocycles. The van der Waals surface area contributed by atoms with Gasteiger partial charge < -0.3 is 10.2 Å². The number of benzene rings is 1. The van der Waals surface area contributed by atoms with Gasteiger partial charge in [-0.15, -0.1) is 0 Å². The SMILES string of the molecule is CN(CC1CCCNC1)C(=O)Cc1cccc(Br)c1. The maximum absolute atomic E-state index is 12.2. The molecule has 1 amide bonds. The van der Waals surface area contributed by atoms with Crippen LogP contribution < -0.4 is 5.32 Å². The molecule has 1 N–H and O–H groups in total. The predicted octanol–water partition coefficient (Wildman–Crippen LogP) is 2.45. The van der Waals surface area contributed by atoms with Crippen LogP contribution in [0.4, 0.5) is 0 Å². The molecule has 1 heterocycles. The van der Waals surface area contributed by atoms with Gasteiger partial charge in [0.2, 0.25) is 5.91 Å². The number of rotatable bonds is 4. The molecule has 1 unspecified atom stereocenters. The highest BCUT2D eigenvalue weighted by atomic mass is 79.9. The van der Waals surface area contributed by atoms with Gasteiger partial charge in [-0.3, -0.25) is 4.79 Å². The van der Waals surface area contributed by atoms with Crippen molar-refractivity contribution >= 4 is 21.8 Å².